The molecule has 4 bridgehead atoms. The van der Waals surface area contributed by atoms with Gasteiger partial charge in [-0.25, -0.2) is 0 Å². The van der Waals surface area contributed by atoms with Crippen LogP contribution in [0.1, 0.15) is 55.3 Å². The van der Waals surface area contributed by atoms with Crippen LogP contribution in [0.15, 0.2) is 24.3 Å². The quantitative estimate of drug-likeness (QED) is 0.734. The molecule has 0 spiro atoms. The van der Waals surface area contributed by atoms with Crippen molar-refractivity contribution in [1.29, 1.82) is 0 Å². The normalized spacial score (nSPS) is 34.6. The summed E-state index contributed by atoms with van der Waals surface area (Å²) < 4.78 is 0.283. The van der Waals surface area contributed by atoms with E-state index in [0.717, 1.165) is 23.9 Å². The van der Waals surface area contributed by atoms with Gasteiger partial charge in [0.25, 0.3) is 5.91 Å². The maximum absolute atomic E-state index is 12.7. The van der Waals surface area contributed by atoms with E-state index in [1.54, 1.807) is 31.1 Å². The number of anilines is 1. The van der Waals surface area contributed by atoms with Crippen LogP contribution in [0.2, 0.25) is 0 Å². The van der Waals surface area contributed by atoms with Crippen LogP contribution < -0.4 is 5.32 Å². The second-order valence-corrected chi connectivity index (χ2v) is 10.8. The van der Waals surface area contributed by atoms with Crippen LogP contribution in [-0.4, -0.2) is 35.1 Å². The highest BCUT2D eigenvalue weighted by Crippen LogP contribution is 2.65. The first kappa shape index (κ1) is 18.0. The van der Waals surface area contributed by atoms with E-state index in [2.05, 4.69) is 21.2 Å². The molecule has 0 aliphatic heterocycles. The smallest absolute Gasteiger partial charge is 0.253 e. The van der Waals surface area contributed by atoms with Gasteiger partial charge in [0.2, 0.25) is 5.91 Å². The first-order valence-electron chi connectivity index (χ1n) is 9.56. The number of benzene rings is 1. The number of hydrogen-bond donors (Lipinski definition) is 1. The van der Waals surface area contributed by atoms with E-state index in [9.17, 15) is 9.59 Å². The minimum absolute atomic E-state index is 0.0286. The predicted octanol–water partition coefficient (Wildman–Crippen LogP) is 4.45. The van der Waals surface area contributed by atoms with Gasteiger partial charge in [-0.3, -0.25) is 9.59 Å². The number of amides is 2. The molecule has 2 amide bonds. The van der Waals surface area contributed by atoms with Gasteiger partial charge in [-0.2, -0.15) is 0 Å². The van der Waals surface area contributed by atoms with Crippen molar-refractivity contribution < 1.29 is 9.59 Å². The van der Waals surface area contributed by atoms with E-state index < -0.39 is 0 Å². The summed E-state index contributed by atoms with van der Waals surface area (Å²) in [7, 11) is 3.47. The highest BCUT2D eigenvalue weighted by Gasteiger charge is 2.57. The van der Waals surface area contributed by atoms with Crippen molar-refractivity contribution in [2.75, 3.05) is 19.4 Å². The average molecular weight is 419 g/mol. The van der Waals surface area contributed by atoms with Crippen molar-refractivity contribution in [2.45, 2.75) is 49.3 Å². The fraction of sp³-hybridized carbons (Fsp3) is 0.619. The molecule has 1 aromatic rings. The Hall–Kier alpha value is -1.36. The van der Waals surface area contributed by atoms with E-state index in [-0.39, 0.29) is 21.6 Å². The maximum atomic E-state index is 12.7. The maximum Gasteiger partial charge on any atom is 0.253 e. The lowest BCUT2D eigenvalue weighted by molar-refractivity contribution is -0.123. The van der Waals surface area contributed by atoms with Crippen molar-refractivity contribution in [2.24, 2.45) is 17.3 Å². The van der Waals surface area contributed by atoms with Crippen LogP contribution in [0.4, 0.5) is 5.69 Å². The van der Waals surface area contributed by atoms with Gasteiger partial charge in [-0.15, -0.1) is 0 Å². The number of carbonyl (C=O) groups excluding carboxylic acids is 2. The number of hydrogen-bond acceptors (Lipinski definition) is 2. The largest absolute Gasteiger partial charge is 0.345 e. The molecule has 140 valence electrons. The number of nitrogens with one attached hydrogen (secondary N) is 1. The molecule has 4 saturated carbocycles. The molecule has 4 nitrogen and oxygen atoms in total. The highest BCUT2D eigenvalue weighted by atomic mass is 79.9. The van der Waals surface area contributed by atoms with Crippen molar-refractivity contribution in [1.82, 2.24) is 4.90 Å². The monoisotopic (exact) mass is 418 g/mol. The minimum Gasteiger partial charge on any atom is -0.345 e. The lowest BCUT2D eigenvalue weighted by Crippen LogP contribution is -2.53. The summed E-state index contributed by atoms with van der Waals surface area (Å²) in [6, 6.07) is 7.19. The summed E-state index contributed by atoms with van der Waals surface area (Å²) >= 11 is 4.01. The van der Waals surface area contributed by atoms with E-state index in [4.69, 9.17) is 0 Å². The standard InChI is InChI=1S/C21H27BrN2O2/c1-24(2)19(26)16-3-5-17(6-4-16)23-18(25)12-20-8-14-7-15(9-20)11-21(22,10-14)13-20/h3-6,14-15H,7-13H2,1-2H3,(H,23,25)/t14-,15-,20?,21?/m1/s1. The Balaban J connectivity index is 1.41. The molecule has 4 fully saturated rings. The fourth-order valence-electron chi connectivity index (χ4n) is 6.04. The van der Waals surface area contributed by atoms with Crippen molar-refractivity contribution in [3.8, 4) is 0 Å². The van der Waals surface area contributed by atoms with E-state index in [1.165, 1.54) is 32.1 Å². The Morgan fingerprint density at radius 2 is 1.73 bits per heavy atom. The summed E-state index contributed by atoms with van der Waals surface area (Å²) in [6.07, 6.45) is 8.10. The number of carbonyl (C=O) groups is 2. The highest BCUT2D eigenvalue weighted by molar-refractivity contribution is 9.10. The summed E-state index contributed by atoms with van der Waals surface area (Å²) in [6.45, 7) is 0. The average Bonchev–Trinajstić information content (AvgIpc) is 2.51. The molecule has 26 heavy (non-hydrogen) atoms. The zero-order valence-corrected chi connectivity index (χ0v) is 17.1. The van der Waals surface area contributed by atoms with Gasteiger partial charge in [0, 0.05) is 36.1 Å². The molecule has 0 heterocycles. The van der Waals surface area contributed by atoms with Crippen LogP contribution >= 0.6 is 15.9 Å². The topological polar surface area (TPSA) is 49.4 Å². The van der Waals surface area contributed by atoms with Crippen LogP contribution in [-0.2, 0) is 4.79 Å². The van der Waals surface area contributed by atoms with Crippen molar-refractivity contribution >= 4 is 33.4 Å². The Bertz CT molecular complexity index is 714. The van der Waals surface area contributed by atoms with Gasteiger partial charge in [0.15, 0.2) is 0 Å². The third kappa shape index (κ3) is 3.42. The Kier molecular flexibility index (Phi) is 4.41. The second-order valence-electron chi connectivity index (χ2n) is 9.11. The molecule has 1 aromatic carbocycles. The van der Waals surface area contributed by atoms with Crippen LogP contribution in [0.3, 0.4) is 0 Å². The minimum atomic E-state index is -0.0286. The molecule has 4 aliphatic carbocycles. The first-order valence-corrected chi connectivity index (χ1v) is 10.4. The summed E-state index contributed by atoms with van der Waals surface area (Å²) in [5.41, 5.74) is 1.58. The fourth-order valence-corrected chi connectivity index (χ4v) is 7.55. The van der Waals surface area contributed by atoms with Gasteiger partial charge in [0.1, 0.15) is 0 Å². The van der Waals surface area contributed by atoms with Gasteiger partial charge < -0.3 is 10.2 Å². The zero-order valence-electron chi connectivity index (χ0n) is 15.6. The molecule has 1 N–H and O–H groups in total. The molecule has 0 unspecified atom stereocenters. The third-order valence-corrected chi connectivity index (χ3v) is 7.40. The summed E-state index contributed by atoms with van der Waals surface area (Å²) in [5, 5.41) is 3.05. The molecule has 2 atom stereocenters. The summed E-state index contributed by atoms with van der Waals surface area (Å²) in [5.74, 6) is 1.66. The molecular formula is C21H27BrN2O2. The molecule has 5 rings (SSSR count). The van der Waals surface area contributed by atoms with Crippen molar-refractivity contribution in [3.63, 3.8) is 0 Å². The lowest BCUT2D eigenvalue weighted by atomic mass is 9.48. The third-order valence-electron chi connectivity index (χ3n) is 6.47. The molecular weight excluding hydrogens is 392 g/mol. The Morgan fingerprint density at radius 1 is 1.12 bits per heavy atom. The van der Waals surface area contributed by atoms with E-state index >= 15 is 0 Å². The number of halogens is 1. The van der Waals surface area contributed by atoms with Gasteiger partial charge in [-0.1, -0.05) is 15.9 Å². The molecule has 0 radical (unpaired) electrons. The number of alkyl halides is 1. The van der Waals surface area contributed by atoms with Gasteiger partial charge in [0.05, 0.1) is 0 Å². The Labute approximate surface area is 163 Å². The van der Waals surface area contributed by atoms with E-state index in [1.807, 2.05) is 12.1 Å². The van der Waals surface area contributed by atoms with Gasteiger partial charge >= 0.3 is 0 Å². The molecule has 0 aromatic heterocycles. The van der Waals surface area contributed by atoms with Crippen LogP contribution in [0.25, 0.3) is 0 Å². The molecule has 4 aliphatic rings. The summed E-state index contributed by atoms with van der Waals surface area (Å²) in [4.78, 5) is 26.2. The SMILES string of the molecule is CN(C)C(=O)c1ccc(NC(=O)CC23C[C@H]4C[C@@H](CC(Br)(C4)C2)C3)cc1. The lowest BCUT2D eigenvalue weighted by Gasteiger charge is -2.60. The van der Waals surface area contributed by atoms with E-state index in [0.29, 0.717) is 12.0 Å². The second kappa shape index (κ2) is 6.36. The Morgan fingerprint density at radius 3 is 2.27 bits per heavy atom. The van der Waals surface area contributed by atoms with Crippen molar-refractivity contribution in [3.05, 3.63) is 29.8 Å². The molecule has 5 heteroatoms. The van der Waals surface area contributed by atoms with Crippen LogP contribution in [0, 0.1) is 17.3 Å². The number of rotatable bonds is 4. The van der Waals surface area contributed by atoms with Crippen LogP contribution in [0.5, 0.6) is 0 Å². The first-order chi connectivity index (χ1) is 12.3. The predicted molar refractivity (Wildman–Crippen MR) is 106 cm³/mol. The zero-order chi connectivity index (χ0) is 18.5. The molecule has 0 saturated heterocycles. The number of nitrogens with zero attached hydrogens (tertiary/aromatic N) is 1. The van der Waals surface area contributed by atoms with Gasteiger partial charge in [-0.05, 0) is 80.0 Å².